The molecule has 100 valence electrons. The number of nitrogens with two attached hydrogens (primary N) is 1. The number of ether oxygens (including phenoxy) is 1. The molecule has 0 saturated heterocycles. The van der Waals surface area contributed by atoms with E-state index in [1.807, 2.05) is 0 Å². The topological polar surface area (TPSA) is 35.2 Å². The molecule has 0 aromatic carbocycles. The van der Waals surface area contributed by atoms with E-state index in [4.69, 9.17) is 10.5 Å². The van der Waals surface area contributed by atoms with Crippen LogP contribution in [0.15, 0.2) is 0 Å². The highest BCUT2D eigenvalue weighted by Gasteiger charge is 2.36. The van der Waals surface area contributed by atoms with Crippen LogP contribution in [-0.4, -0.2) is 18.8 Å². The molecule has 2 saturated carbocycles. The van der Waals surface area contributed by atoms with Gasteiger partial charge in [-0.1, -0.05) is 20.8 Å². The molecule has 0 spiro atoms. The lowest BCUT2D eigenvalue weighted by molar-refractivity contribution is 0.0400. The Morgan fingerprint density at radius 3 is 2.18 bits per heavy atom. The normalized spacial score (nSPS) is 34.9. The third kappa shape index (κ3) is 3.96. The second-order valence-corrected chi connectivity index (χ2v) is 7.46. The van der Waals surface area contributed by atoms with Gasteiger partial charge in [-0.25, -0.2) is 0 Å². The molecule has 0 aromatic heterocycles. The highest BCUT2D eigenvalue weighted by Crippen LogP contribution is 2.40. The molecule has 2 fully saturated rings. The molecule has 2 aliphatic carbocycles. The minimum absolute atomic E-state index is 0.0311. The van der Waals surface area contributed by atoms with E-state index in [2.05, 4.69) is 20.8 Å². The molecule has 2 nitrogen and oxygen atoms in total. The van der Waals surface area contributed by atoms with Crippen LogP contribution in [-0.2, 0) is 4.74 Å². The summed E-state index contributed by atoms with van der Waals surface area (Å²) in [5.41, 5.74) is 6.86. The molecule has 17 heavy (non-hydrogen) atoms. The maximum absolute atomic E-state index is 6.45. The summed E-state index contributed by atoms with van der Waals surface area (Å²) in [4.78, 5) is 0. The van der Waals surface area contributed by atoms with Crippen molar-refractivity contribution in [1.82, 2.24) is 0 Å². The van der Waals surface area contributed by atoms with Gasteiger partial charge < -0.3 is 10.5 Å². The molecule has 0 aromatic rings. The Morgan fingerprint density at radius 2 is 1.71 bits per heavy atom. The van der Waals surface area contributed by atoms with Crippen molar-refractivity contribution in [1.29, 1.82) is 0 Å². The predicted molar refractivity (Wildman–Crippen MR) is 71.9 cm³/mol. The van der Waals surface area contributed by atoms with Gasteiger partial charge in [0.25, 0.3) is 0 Å². The van der Waals surface area contributed by atoms with Crippen molar-refractivity contribution in [3.63, 3.8) is 0 Å². The van der Waals surface area contributed by atoms with E-state index in [-0.39, 0.29) is 5.54 Å². The maximum Gasteiger partial charge on any atom is 0.0646 e. The standard InChI is InChI=1S/C15H29NO/c1-14(2,3)13-6-8-15(16,9-7-13)11-17-10-12-4-5-12/h12-13H,4-11,16H2,1-3H3. The number of hydrogen-bond acceptors (Lipinski definition) is 2. The van der Waals surface area contributed by atoms with E-state index in [0.717, 1.165) is 37.9 Å². The van der Waals surface area contributed by atoms with Gasteiger partial charge >= 0.3 is 0 Å². The Morgan fingerprint density at radius 1 is 1.12 bits per heavy atom. The highest BCUT2D eigenvalue weighted by atomic mass is 16.5. The molecular weight excluding hydrogens is 210 g/mol. The largest absolute Gasteiger partial charge is 0.379 e. The first-order valence-corrected chi connectivity index (χ1v) is 7.26. The van der Waals surface area contributed by atoms with Gasteiger partial charge in [0.2, 0.25) is 0 Å². The number of hydrogen-bond donors (Lipinski definition) is 1. The Hall–Kier alpha value is -0.0800. The molecule has 0 amide bonds. The van der Waals surface area contributed by atoms with Crippen LogP contribution >= 0.6 is 0 Å². The Labute approximate surface area is 106 Å². The van der Waals surface area contributed by atoms with Crippen molar-refractivity contribution in [3.05, 3.63) is 0 Å². The first-order chi connectivity index (χ1) is 7.89. The van der Waals surface area contributed by atoms with Crippen LogP contribution in [0, 0.1) is 17.3 Å². The third-order valence-electron chi connectivity index (χ3n) is 4.65. The van der Waals surface area contributed by atoms with Gasteiger partial charge in [-0.15, -0.1) is 0 Å². The average Bonchev–Trinajstić information content (AvgIpc) is 3.00. The van der Waals surface area contributed by atoms with E-state index >= 15 is 0 Å². The van der Waals surface area contributed by atoms with Crippen molar-refractivity contribution < 1.29 is 4.74 Å². The molecule has 0 atom stereocenters. The van der Waals surface area contributed by atoms with Crippen LogP contribution in [0.2, 0.25) is 0 Å². The Bertz CT molecular complexity index is 244. The lowest BCUT2D eigenvalue weighted by atomic mass is 9.68. The fourth-order valence-corrected chi connectivity index (χ4v) is 2.92. The lowest BCUT2D eigenvalue weighted by Crippen LogP contribution is -2.48. The predicted octanol–water partition coefficient (Wildman–Crippen LogP) is 3.35. The van der Waals surface area contributed by atoms with Gasteiger partial charge in [-0.3, -0.25) is 0 Å². The molecule has 2 N–H and O–H groups in total. The smallest absolute Gasteiger partial charge is 0.0646 e. The SMILES string of the molecule is CC(C)(C)C1CCC(N)(COCC2CC2)CC1. The summed E-state index contributed by atoms with van der Waals surface area (Å²) in [6, 6.07) is 0. The zero-order valence-electron chi connectivity index (χ0n) is 11.8. The molecule has 0 heterocycles. The molecule has 0 unspecified atom stereocenters. The average molecular weight is 239 g/mol. The van der Waals surface area contributed by atoms with E-state index in [0.29, 0.717) is 5.41 Å². The summed E-state index contributed by atoms with van der Waals surface area (Å²) >= 11 is 0. The fraction of sp³-hybridized carbons (Fsp3) is 1.00. The molecule has 0 aliphatic heterocycles. The zero-order chi connectivity index (χ0) is 12.5. The first kappa shape index (κ1) is 13.4. The molecule has 2 rings (SSSR count). The quantitative estimate of drug-likeness (QED) is 0.816. The Kier molecular flexibility index (Phi) is 3.84. The molecule has 0 radical (unpaired) electrons. The molecule has 2 heteroatoms. The minimum atomic E-state index is -0.0311. The number of rotatable bonds is 4. The second kappa shape index (κ2) is 4.89. The van der Waals surface area contributed by atoms with Gasteiger partial charge in [-0.05, 0) is 55.8 Å². The molecular formula is C15H29NO. The highest BCUT2D eigenvalue weighted by molar-refractivity contribution is 4.92. The van der Waals surface area contributed by atoms with Gasteiger partial charge in [0.15, 0.2) is 0 Å². The summed E-state index contributed by atoms with van der Waals surface area (Å²) in [6.07, 6.45) is 7.55. The summed E-state index contributed by atoms with van der Waals surface area (Å²) in [5, 5.41) is 0. The second-order valence-electron chi connectivity index (χ2n) is 7.46. The van der Waals surface area contributed by atoms with Crippen molar-refractivity contribution in [2.45, 2.75) is 64.8 Å². The van der Waals surface area contributed by atoms with Crippen LogP contribution in [0.25, 0.3) is 0 Å². The van der Waals surface area contributed by atoms with Crippen LogP contribution in [0.5, 0.6) is 0 Å². The van der Waals surface area contributed by atoms with Crippen molar-refractivity contribution in [2.24, 2.45) is 23.0 Å². The van der Waals surface area contributed by atoms with Crippen molar-refractivity contribution in [3.8, 4) is 0 Å². The lowest BCUT2D eigenvalue weighted by Gasteiger charge is -2.42. The van der Waals surface area contributed by atoms with Crippen LogP contribution in [0.4, 0.5) is 0 Å². The van der Waals surface area contributed by atoms with Crippen LogP contribution in [0.1, 0.15) is 59.3 Å². The van der Waals surface area contributed by atoms with Crippen LogP contribution in [0.3, 0.4) is 0 Å². The summed E-state index contributed by atoms with van der Waals surface area (Å²) in [7, 11) is 0. The summed E-state index contributed by atoms with van der Waals surface area (Å²) in [6.45, 7) is 8.78. The molecule has 2 aliphatic rings. The maximum atomic E-state index is 6.45. The monoisotopic (exact) mass is 239 g/mol. The molecule has 0 bridgehead atoms. The van der Waals surface area contributed by atoms with Gasteiger partial charge in [0.1, 0.15) is 0 Å². The third-order valence-corrected chi connectivity index (χ3v) is 4.65. The van der Waals surface area contributed by atoms with E-state index in [1.165, 1.54) is 25.7 Å². The van der Waals surface area contributed by atoms with Crippen molar-refractivity contribution >= 4 is 0 Å². The van der Waals surface area contributed by atoms with Crippen LogP contribution < -0.4 is 5.73 Å². The van der Waals surface area contributed by atoms with Gasteiger partial charge in [0, 0.05) is 12.1 Å². The minimum Gasteiger partial charge on any atom is -0.379 e. The van der Waals surface area contributed by atoms with Crippen molar-refractivity contribution in [2.75, 3.05) is 13.2 Å². The summed E-state index contributed by atoms with van der Waals surface area (Å²) in [5.74, 6) is 1.69. The zero-order valence-corrected chi connectivity index (χ0v) is 11.8. The van der Waals surface area contributed by atoms with E-state index in [1.54, 1.807) is 0 Å². The van der Waals surface area contributed by atoms with Gasteiger partial charge in [-0.2, -0.15) is 0 Å². The van der Waals surface area contributed by atoms with Gasteiger partial charge in [0.05, 0.1) is 6.61 Å². The van der Waals surface area contributed by atoms with E-state index in [9.17, 15) is 0 Å². The van der Waals surface area contributed by atoms with E-state index < -0.39 is 0 Å². The summed E-state index contributed by atoms with van der Waals surface area (Å²) < 4.78 is 5.80. The fourth-order valence-electron chi connectivity index (χ4n) is 2.92. The first-order valence-electron chi connectivity index (χ1n) is 7.26. The Balaban J connectivity index is 1.71.